The fraction of sp³-hybridized carbons (Fsp3) is 0.154. The molecule has 5 heteroatoms. The monoisotopic (exact) mass is 432 g/mol. The zero-order valence-electron chi connectivity index (χ0n) is 9.41. The normalized spacial score (nSPS) is 12.4. The zero-order valence-corrected chi connectivity index (χ0v) is 14.2. The van der Waals surface area contributed by atoms with Gasteiger partial charge in [-0.25, -0.2) is 0 Å². The molecule has 18 heavy (non-hydrogen) atoms. The summed E-state index contributed by atoms with van der Waals surface area (Å²) in [6.07, 6.45) is 2.53. The van der Waals surface area contributed by atoms with Crippen molar-refractivity contribution in [1.29, 1.82) is 0 Å². The minimum atomic E-state index is -0.117. The van der Waals surface area contributed by atoms with Crippen LogP contribution >= 0.6 is 47.8 Å². The largest absolute Gasteiger partial charge is 0.322 e. The molecule has 0 aliphatic carbocycles. The van der Waals surface area contributed by atoms with Crippen LogP contribution in [0.1, 0.15) is 17.3 Å². The molecule has 2 aromatic rings. The lowest BCUT2D eigenvalue weighted by atomic mass is 10.0. The summed E-state index contributed by atoms with van der Waals surface area (Å²) < 4.78 is 2.94. The second kappa shape index (κ2) is 6.28. The minimum absolute atomic E-state index is 0.117. The predicted molar refractivity (Wildman–Crippen MR) is 84.4 cm³/mol. The molecule has 0 aliphatic rings. The van der Waals surface area contributed by atoms with E-state index in [1.54, 1.807) is 6.20 Å². The third kappa shape index (κ3) is 3.63. The number of hydrogen-bond donors (Lipinski definition) is 1. The highest BCUT2D eigenvalue weighted by molar-refractivity contribution is 9.11. The summed E-state index contributed by atoms with van der Waals surface area (Å²) in [5.41, 5.74) is 8.27. The van der Waals surface area contributed by atoms with Crippen LogP contribution in [-0.4, -0.2) is 4.98 Å². The van der Waals surface area contributed by atoms with Gasteiger partial charge in [0.2, 0.25) is 0 Å². The van der Waals surface area contributed by atoms with E-state index in [1.807, 2.05) is 18.2 Å². The second-order valence-corrected chi connectivity index (χ2v) is 6.64. The van der Waals surface area contributed by atoms with Crippen molar-refractivity contribution in [3.63, 3.8) is 0 Å². The molecule has 2 nitrogen and oxygen atoms in total. The van der Waals surface area contributed by atoms with Crippen molar-refractivity contribution >= 4 is 47.8 Å². The maximum atomic E-state index is 6.20. The molecule has 1 heterocycles. The second-order valence-electron chi connectivity index (χ2n) is 3.96. The molecule has 0 fully saturated rings. The van der Waals surface area contributed by atoms with Gasteiger partial charge in [0, 0.05) is 19.6 Å². The smallest absolute Gasteiger partial charge is 0.0716 e. The number of benzene rings is 1. The number of hydrogen-bond acceptors (Lipinski definition) is 2. The van der Waals surface area contributed by atoms with Crippen molar-refractivity contribution in [1.82, 2.24) is 4.98 Å². The maximum Gasteiger partial charge on any atom is 0.0716 e. The molecule has 0 saturated heterocycles. The summed E-state index contributed by atoms with van der Waals surface area (Å²) in [6, 6.07) is 10.0. The van der Waals surface area contributed by atoms with Crippen LogP contribution in [0.4, 0.5) is 0 Å². The average Bonchev–Trinajstić information content (AvgIpc) is 2.32. The first kappa shape index (κ1) is 14.2. The minimum Gasteiger partial charge on any atom is -0.322 e. The Morgan fingerprint density at radius 3 is 2.33 bits per heavy atom. The fourth-order valence-corrected chi connectivity index (χ4v) is 3.21. The first-order chi connectivity index (χ1) is 8.56. The van der Waals surface area contributed by atoms with Gasteiger partial charge in [-0.3, -0.25) is 4.98 Å². The summed E-state index contributed by atoms with van der Waals surface area (Å²) in [7, 11) is 0. The zero-order chi connectivity index (χ0) is 13.1. The van der Waals surface area contributed by atoms with Gasteiger partial charge in [0.05, 0.1) is 11.7 Å². The molecule has 0 bridgehead atoms. The quantitative estimate of drug-likeness (QED) is 0.766. The van der Waals surface area contributed by atoms with E-state index >= 15 is 0 Å². The van der Waals surface area contributed by atoms with Crippen LogP contribution in [0.25, 0.3) is 0 Å². The van der Waals surface area contributed by atoms with E-state index in [2.05, 4.69) is 64.9 Å². The van der Waals surface area contributed by atoms with Crippen LogP contribution in [0, 0.1) is 0 Å². The van der Waals surface area contributed by atoms with Gasteiger partial charge in [0.15, 0.2) is 0 Å². The van der Waals surface area contributed by atoms with Crippen molar-refractivity contribution in [2.75, 3.05) is 0 Å². The van der Waals surface area contributed by atoms with Gasteiger partial charge in [-0.15, -0.1) is 0 Å². The van der Waals surface area contributed by atoms with E-state index < -0.39 is 0 Å². The van der Waals surface area contributed by atoms with Crippen molar-refractivity contribution in [3.05, 3.63) is 61.2 Å². The van der Waals surface area contributed by atoms with Crippen molar-refractivity contribution in [2.45, 2.75) is 12.5 Å². The molecule has 0 radical (unpaired) electrons. The van der Waals surface area contributed by atoms with Crippen molar-refractivity contribution in [2.24, 2.45) is 5.73 Å². The molecule has 1 atom stereocenters. The van der Waals surface area contributed by atoms with Gasteiger partial charge in [0.1, 0.15) is 0 Å². The molecule has 1 unspecified atom stereocenters. The van der Waals surface area contributed by atoms with Crippen LogP contribution in [0.5, 0.6) is 0 Å². The number of rotatable bonds is 3. The molecule has 2 rings (SSSR count). The van der Waals surface area contributed by atoms with Gasteiger partial charge in [-0.05, 0) is 62.0 Å². The molecule has 0 spiro atoms. The Hall–Kier alpha value is -0.230. The van der Waals surface area contributed by atoms with Gasteiger partial charge >= 0.3 is 0 Å². The average molecular weight is 435 g/mol. The summed E-state index contributed by atoms with van der Waals surface area (Å²) in [4.78, 5) is 4.36. The maximum absolute atomic E-state index is 6.20. The van der Waals surface area contributed by atoms with Crippen LogP contribution in [0.15, 0.2) is 49.9 Å². The standard InChI is InChI=1S/C13H11Br3N2/c14-9-3-1-8(2-4-9)5-12(17)13-11(16)6-10(15)7-18-13/h1-4,6-7,12H,5,17H2. The molecular formula is C13H11Br3N2. The SMILES string of the molecule is NC(Cc1ccc(Br)cc1)c1ncc(Br)cc1Br. The third-order valence-electron chi connectivity index (χ3n) is 2.56. The van der Waals surface area contributed by atoms with E-state index in [0.717, 1.165) is 25.5 Å². The molecular weight excluding hydrogens is 424 g/mol. The first-order valence-electron chi connectivity index (χ1n) is 5.37. The molecule has 0 saturated carbocycles. The van der Waals surface area contributed by atoms with Crippen LogP contribution in [-0.2, 0) is 6.42 Å². The number of nitrogens with zero attached hydrogens (tertiary/aromatic N) is 1. The lowest BCUT2D eigenvalue weighted by Gasteiger charge is -2.13. The Labute approximate surface area is 131 Å². The van der Waals surface area contributed by atoms with Gasteiger partial charge in [-0.1, -0.05) is 28.1 Å². The van der Waals surface area contributed by atoms with Gasteiger partial charge in [0.25, 0.3) is 0 Å². The highest BCUT2D eigenvalue weighted by atomic mass is 79.9. The van der Waals surface area contributed by atoms with Gasteiger partial charge in [-0.2, -0.15) is 0 Å². The van der Waals surface area contributed by atoms with Crippen molar-refractivity contribution in [3.8, 4) is 0 Å². The van der Waals surface area contributed by atoms with E-state index in [-0.39, 0.29) is 6.04 Å². The third-order valence-corrected chi connectivity index (χ3v) is 4.15. The lowest BCUT2D eigenvalue weighted by Crippen LogP contribution is -2.15. The summed E-state index contributed by atoms with van der Waals surface area (Å²) in [6.45, 7) is 0. The summed E-state index contributed by atoms with van der Waals surface area (Å²) >= 11 is 10.3. The molecule has 2 N–H and O–H groups in total. The van der Waals surface area contributed by atoms with Crippen LogP contribution in [0.2, 0.25) is 0 Å². The number of pyridine rings is 1. The van der Waals surface area contributed by atoms with E-state index in [4.69, 9.17) is 5.73 Å². The molecule has 1 aromatic carbocycles. The van der Waals surface area contributed by atoms with Gasteiger partial charge < -0.3 is 5.73 Å². The summed E-state index contributed by atoms with van der Waals surface area (Å²) in [5, 5.41) is 0. The Bertz CT molecular complexity index is 540. The van der Waals surface area contributed by atoms with E-state index in [1.165, 1.54) is 5.56 Å². The van der Waals surface area contributed by atoms with Crippen molar-refractivity contribution < 1.29 is 0 Å². The topological polar surface area (TPSA) is 38.9 Å². The molecule has 1 aromatic heterocycles. The van der Waals surface area contributed by atoms with Crippen LogP contribution < -0.4 is 5.73 Å². The Morgan fingerprint density at radius 1 is 1.06 bits per heavy atom. The Kier molecular flexibility index (Phi) is 4.95. The molecule has 0 aliphatic heterocycles. The highest BCUT2D eigenvalue weighted by Crippen LogP contribution is 2.25. The number of aromatic nitrogens is 1. The number of nitrogens with two attached hydrogens (primary N) is 1. The number of halogens is 3. The first-order valence-corrected chi connectivity index (χ1v) is 7.75. The van der Waals surface area contributed by atoms with E-state index in [0.29, 0.717) is 0 Å². The lowest BCUT2D eigenvalue weighted by molar-refractivity contribution is 0.692. The Morgan fingerprint density at radius 2 is 1.72 bits per heavy atom. The Balaban J connectivity index is 2.16. The van der Waals surface area contributed by atoms with Crippen LogP contribution in [0.3, 0.4) is 0 Å². The summed E-state index contributed by atoms with van der Waals surface area (Å²) in [5.74, 6) is 0. The predicted octanol–water partition coefficient (Wildman–Crippen LogP) is 4.61. The molecule has 0 amide bonds. The molecule has 94 valence electrons. The fourth-order valence-electron chi connectivity index (χ4n) is 1.67. The van der Waals surface area contributed by atoms with E-state index in [9.17, 15) is 0 Å². The highest BCUT2D eigenvalue weighted by Gasteiger charge is 2.12.